The van der Waals surface area contributed by atoms with E-state index in [1.54, 1.807) is 0 Å². The molecule has 1 fully saturated rings. The normalized spacial score (nSPS) is 27.4. The van der Waals surface area contributed by atoms with Gasteiger partial charge in [-0.2, -0.15) is 0 Å². The van der Waals surface area contributed by atoms with Crippen LogP contribution in [0.1, 0.15) is 73.1 Å². The highest BCUT2D eigenvalue weighted by Gasteiger charge is 2.41. The van der Waals surface area contributed by atoms with Crippen LogP contribution in [-0.4, -0.2) is 37.0 Å². The molecule has 0 radical (unpaired) electrons. The minimum absolute atomic E-state index is 0.0580. The molecule has 1 rings (SSSR count). The average molecular weight is 369 g/mol. The predicted octanol–water partition coefficient (Wildman–Crippen LogP) is 2.55. The summed E-state index contributed by atoms with van der Waals surface area (Å²) in [5, 5.41) is 5.93. The smallest absolute Gasteiger partial charge is 0.315 e. The number of rotatable bonds is 9. The van der Waals surface area contributed by atoms with Crippen molar-refractivity contribution in [3.05, 3.63) is 0 Å². The van der Waals surface area contributed by atoms with Crippen molar-refractivity contribution in [2.75, 3.05) is 13.1 Å². The zero-order valence-electron chi connectivity index (χ0n) is 17.4. The van der Waals surface area contributed by atoms with Crippen LogP contribution in [0, 0.1) is 16.7 Å². The topological polar surface area (TPSA) is 110 Å². The van der Waals surface area contributed by atoms with Gasteiger partial charge in [-0.15, -0.1) is 0 Å². The van der Waals surface area contributed by atoms with Gasteiger partial charge in [-0.1, -0.05) is 27.7 Å². The molecule has 1 saturated carbocycles. The SMILES string of the molecule is CC(N)CNC(=O)NC1CC(C)(C)CC(C)(CCC(=O)CC(C)CN)C1. The summed E-state index contributed by atoms with van der Waals surface area (Å²) in [5.74, 6) is 0.549. The Kier molecular flexibility index (Phi) is 8.54. The maximum absolute atomic E-state index is 12.2. The van der Waals surface area contributed by atoms with Crippen molar-refractivity contribution in [1.82, 2.24) is 10.6 Å². The van der Waals surface area contributed by atoms with Crippen LogP contribution in [0.2, 0.25) is 0 Å². The van der Waals surface area contributed by atoms with E-state index in [0.29, 0.717) is 31.7 Å². The van der Waals surface area contributed by atoms with Crippen molar-refractivity contribution >= 4 is 11.8 Å². The molecule has 6 nitrogen and oxygen atoms in total. The van der Waals surface area contributed by atoms with Crippen LogP contribution in [0.3, 0.4) is 0 Å². The summed E-state index contributed by atoms with van der Waals surface area (Å²) in [6.45, 7) is 11.6. The van der Waals surface area contributed by atoms with Crippen molar-refractivity contribution in [2.24, 2.45) is 28.2 Å². The van der Waals surface area contributed by atoms with E-state index in [0.717, 1.165) is 25.7 Å². The molecular formula is C20H40N4O2. The first-order valence-corrected chi connectivity index (χ1v) is 9.96. The van der Waals surface area contributed by atoms with Crippen molar-refractivity contribution in [2.45, 2.75) is 85.2 Å². The Bertz CT molecular complexity index is 478. The molecule has 26 heavy (non-hydrogen) atoms. The van der Waals surface area contributed by atoms with Gasteiger partial charge in [-0.05, 0) is 55.9 Å². The average Bonchev–Trinajstić information content (AvgIpc) is 2.49. The van der Waals surface area contributed by atoms with E-state index in [4.69, 9.17) is 11.5 Å². The highest BCUT2D eigenvalue weighted by Crippen LogP contribution is 2.48. The molecule has 152 valence electrons. The lowest BCUT2D eigenvalue weighted by Crippen LogP contribution is -2.51. The first-order chi connectivity index (χ1) is 11.9. The third kappa shape index (κ3) is 8.49. The van der Waals surface area contributed by atoms with E-state index in [-0.39, 0.29) is 34.9 Å². The van der Waals surface area contributed by atoms with Crippen molar-refractivity contribution in [1.29, 1.82) is 0 Å². The van der Waals surface area contributed by atoms with Gasteiger partial charge in [0.05, 0.1) is 0 Å². The monoisotopic (exact) mass is 368 g/mol. The maximum atomic E-state index is 12.2. The Hall–Kier alpha value is -1.14. The molecule has 6 heteroatoms. The molecule has 4 unspecified atom stereocenters. The maximum Gasteiger partial charge on any atom is 0.315 e. The number of amides is 2. The summed E-state index contributed by atoms with van der Waals surface area (Å²) in [7, 11) is 0. The zero-order valence-corrected chi connectivity index (χ0v) is 17.4. The van der Waals surface area contributed by atoms with Gasteiger partial charge in [-0.3, -0.25) is 4.79 Å². The van der Waals surface area contributed by atoms with Gasteiger partial charge in [0.25, 0.3) is 0 Å². The van der Waals surface area contributed by atoms with Crippen LogP contribution in [0.25, 0.3) is 0 Å². The number of carbonyl (C=O) groups is 2. The number of urea groups is 1. The van der Waals surface area contributed by atoms with E-state index in [2.05, 4.69) is 31.4 Å². The predicted molar refractivity (Wildman–Crippen MR) is 107 cm³/mol. The molecule has 1 aliphatic rings. The molecular weight excluding hydrogens is 328 g/mol. The van der Waals surface area contributed by atoms with Crippen LogP contribution < -0.4 is 22.1 Å². The molecule has 0 aliphatic heterocycles. The molecule has 0 aromatic carbocycles. The van der Waals surface area contributed by atoms with E-state index in [1.807, 2.05) is 13.8 Å². The molecule has 0 spiro atoms. The van der Waals surface area contributed by atoms with E-state index in [9.17, 15) is 9.59 Å². The van der Waals surface area contributed by atoms with Crippen molar-refractivity contribution in [3.8, 4) is 0 Å². The molecule has 0 heterocycles. The number of nitrogens with one attached hydrogen (secondary N) is 2. The van der Waals surface area contributed by atoms with Gasteiger partial charge in [-0.25, -0.2) is 4.79 Å². The molecule has 0 aromatic heterocycles. The molecule has 4 atom stereocenters. The lowest BCUT2D eigenvalue weighted by Gasteiger charge is -2.47. The minimum atomic E-state index is -0.153. The number of ketones is 1. The Balaban J connectivity index is 2.61. The Morgan fingerprint density at radius 3 is 2.42 bits per heavy atom. The van der Waals surface area contributed by atoms with Crippen LogP contribution in [-0.2, 0) is 4.79 Å². The van der Waals surface area contributed by atoms with Crippen molar-refractivity contribution in [3.63, 3.8) is 0 Å². The molecule has 1 aliphatic carbocycles. The van der Waals surface area contributed by atoms with E-state index >= 15 is 0 Å². The third-order valence-electron chi connectivity index (χ3n) is 5.35. The number of carbonyl (C=O) groups excluding carboxylic acids is 2. The van der Waals surface area contributed by atoms with Gasteiger partial charge in [0, 0.05) is 31.5 Å². The van der Waals surface area contributed by atoms with Crippen LogP contribution in [0.4, 0.5) is 4.79 Å². The lowest BCUT2D eigenvalue weighted by molar-refractivity contribution is -0.120. The van der Waals surface area contributed by atoms with E-state index < -0.39 is 0 Å². The summed E-state index contributed by atoms with van der Waals surface area (Å²) < 4.78 is 0. The molecule has 0 bridgehead atoms. The third-order valence-corrected chi connectivity index (χ3v) is 5.35. The van der Waals surface area contributed by atoms with Crippen LogP contribution >= 0.6 is 0 Å². The fraction of sp³-hybridized carbons (Fsp3) is 0.900. The second-order valence-electron chi connectivity index (χ2n) is 9.67. The first kappa shape index (κ1) is 22.9. The van der Waals surface area contributed by atoms with Gasteiger partial charge in [0.15, 0.2) is 0 Å². The Morgan fingerprint density at radius 2 is 1.85 bits per heavy atom. The summed E-state index contributed by atoms with van der Waals surface area (Å²) in [6.07, 6.45) is 4.96. The number of nitrogens with two attached hydrogens (primary N) is 2. The summed E-state index contributed by atoms with van der Waals surface area (Å²) in [4.78, 5) is 24.3. The second-order valence-corrected chi connectivity index (χ2v) is 9.67. The van der Waals surface area contributed by atoms with Gasteiger partial charge in [0.1, 0.15) is 5.78 Å². The van der Waals surface area contributed by atoms with Gasteiger partial charge in [0.2, 0.25) is 0 Å². The fourth-order valence-electron chi connectivity index (χ4n) is 4.43. The van der Waals surface area contributed by atoms with Gasteiger partial charge >= 0.3 is 6.03 Å². The standard InChI is InChI=1S/C20H40N4O2/c1-14(11-21)8-17(25)6-7-20(5)10-16(9-19(3,4)13-20)24-18(26)23-12-15(2)22/h14-16H,6-13,21-22H2,1-5H3,(H2,23,24,26). The molecule has 0 aromatic rings. The number of Topliss-reactive ketones (excluding diaryl/α,β-unsaturated/α-hetero) is 1. The number of hydrogen-bond donors (Lipinski definition) is 4. The highest BCUT2D eigenvalue weighted by molar-refractivity contribution is 5.78. The Morgan fingerprint density at radius 1 is 1.19 bits per heavy atom. The molecule has 2 amide bonds. The zero-order chi connectivity index (χ0) is 20.0. The van der Waals surface area contributed by atoms with Crippen LogP contribution in [0.5, 0.6) is 0 Å². The first-order valence-electron chi connectivity index (χ1n) is 9.96. The summed E-state index contributed by atoms with van der Waals surface area (Å²) in [6, 6.07) is -0.0918. The quantitative estimate of drug-likeness (QED) is 0.501. The minimum Gasteiger partial charge on any atom is -0.337 e. The summed E-state index contributed by atoms with van der Waals surface area (Å²) in [5.41, 5.74) is 11.5. The second kappa shape index (κ2) is 9.70. The molecule has 0 saturated heterocycles. The number of hydrogen-bond acceptors (Lipinski definition) is 4. The Labute approximate surface area is 159 Å². The largest absolute Gasteiger partial charge is 0.337 e. The lowest BCUT2D eigenvalue weighted by atomic mass is 9.61. The summed E-state index contributed by atoms with van der Waals surface area (Å²) >= 11 is 0. The van der Waals surface area contributed by atoms with E-state index in [1.165, 1.54) is 0 Å². The highest BCUT2D eigenvalue weighted by atomic mass is 16.2. The fourth-order valence-corrected chi connectivity index (χ4v) is 4.43. The van der Waals surface area contributed by atoms with Gasteiger partial charge < -0.3 is 22.1 Å². The molecule has 6 N–H and O–H groups in total. The van der Waals surface area contributed by atoms with Crippen molar-refractivity contribution < 1.29 is 9.59 Å². The van der Waals surface area contributed by atoms with Crippen LogP contribution in [0.15, 0.2) is 0 Å².